The Morgan fingerprint density at radius 3 is 2.32 bits per heavy atom. The molecule has 0 saturated heterocycles. The van der Waals surface area contributed by atoms with Gasteiger partial charge in [-0.15, -0.1) is 0 Å². The summed E-state index contributed by atoms with van der Waals surface area (Å²) in [5.74, 6) is 0.128. The largest absolute Gasteiger partial charge is 0.493 e. The van der Waals surface area contributed by atoms with Gasteiger partial charge in [-0.2, -0.15) is 0 Å². The highest BCUT2D eigenvalue weighted by Gasteiger charge is 2.27. The van der Waals surface area contributed by atoms with Gasteiger partial charge >= 0.3 is 11.9 Å². The van der Waals surface area contributed by atoms with E-state index in [0.717, 1.165) is 25.7 Å². The number of carbonyl (C=O) groups is 2. The lowest BCUT2D eigenvalue weighted by molar-refractivity contribution is -0.149. The molecular weight excluding hydrogens is 284 g/mol. The van der Waals surface area contributed by atoms with Crippen molar-refractivity contribution in [2.75, 3.05) is 13.2 Å². The number of rotatable bonds is 6. The van der Waals surface area contributed by atoms with Crippen molar-refractivity contribution in [1.82, 2.24) is 0 Å². The van der Waals surface area contributed by atoms with Crippen LogP contribution in [0.25, 0.3) is 0 Å². The molecule has 0 unspecified atom stereocenters. The van der Waals surface area contributed by atoms with E-state index in [4.69, 9.17) is 14.6 Å². The first-order chi connectivity index (χ1) is 10.6. The van der Waals surface area contributed by atoms with Crippen molar-refractivity contribution in [2.24, 2.45) is 11.8 Å². The Morgan fingerprint density at radius 2 is 1.77 bits per heavy atom. The third-order valence-corrected chi connectivity index (χ3v) is 4.05. The fourth-order valence-electron chi connectivity index (χ4n) is 2.73. The van der Waals surface area contributed by atoms with Gasteiger partial charge < -0.3 is 14.6 Å². The van der Waals surface area contributed by atoms with Gasteiger partial charge in [-0.1, -0.05) is 0 Å². The predicted octanol–water partition coefficient (Wildman–Crippen LogP) is 3.13. The molecule has 22 heavy (non-hydrogen) atoms. The van der Waals surface area contributed by atoms with Crippen molar-refractivity contribution in [3.05, 3.63) is 29.8 Å². The number of hydrogen-bond acceptors (Lipinski definition) is 4. The van der Waals surface area contributed by atoms with Crippen LogP contribution >= 0.6 is 0 Å². The summed E-state index contributed by atoms with van der Waals surface area (Å²) in [5.41, 5.74) is 0.252. The molecule has 0 heterocycles. The highest BCUT2D eigenvalue weighted by molar-refractivity contribution is 5.87. The maximum atomic E-state index is 11.7. The number of hydrogen-bond donors (Lipinski definition) is 1. The molecule has 2 rings (SSSR count). The minimum atomic E-state index is -0.941. The van der Waals surface area contributed by atoms with Gasteiger partial charge in [0.1, 0.15) is 5.75 Å². The molecule has 1 fully saturated rings. The van der Waals surface area contributed by atoms with E-state index in [9.17, 15) is 9.59 Å². The summed E-state index contributed by atoms with van der Waals surface area (Å²) in [5, 5.41) is 8.84. The third-order valence-electron chi connectivity index (χ3n) is 4.05. The van der Waals surface area contributed by atoms with Gasteiger partial charge in [0.25, 0.3) is 0 Å². The molecule has 5 heteroatoms. The van der Waals surface area contributed by atoms with Gasteiger partial charge in [-0.25, -0.2) is 4.79 Å². The van der Waals surface area contributed by atoms with Crippen LogP contribution in [0.5, 0.6) is 5.75 Å². The van der Waals surface area contributed by atoms with Gasteiger partial charge in [-0.3, -0.25) is 4.79 Å². The lowest BCUT2D eigenvalue weighted by atomic mass is 9.82. The number of aromatic carboxylic acids is 1. The molecule has 1 aromatic rings. The van der Waals surface area contributed by atoms with Gasteiger partial charge in [0, 0.05) is 0 Å². The molecule has 1 saturated carbocycles. The fraction of sp³-hybridized carbons (Fsp3) is 0.529. The Hall–Kier alpha value is -2.04. The Kier molecular flexibility index (Phi) is 5.81. The lowest BCUT2D eigenvalue weighted by Gasteiger charge is -2.27. The Balaban J connectivity index is 1.74. The van der Waals surface area contributed by atoms with Gasteiger partial charge in [-0.05, 0) is 62.8 Å². The SMILES string of the molecule is CCOC(=O)[C@H]1CC[C@@H](COc2ccc(C(=O)O)cc2)CC1. The van der Waals surface area contributed by atoms with Crippen LogP contribution in [-0.2, 0) is 9.53 Å². The Bertz CT molecular complexity index is 500. The molecule has 0 radical (unpaired) electrons. The van der Waals surface area contributed by atoms with Crippen molar-refractivity contribution in [1.29, 1.82) is 0 Å². The quantitative estimate of drug-likeness (QED) is 0.817. The smallest absolute Gasteiger partial charge is 0.335 e. The van der Waals surface area contributed by atoms with Gasteiger partial charge in [0.2, 0.25) is 0 Å². The summed E-state index contributed by atoms with van der Waals surface area (Å²) in [7, 11) is 0. The maximum Gasteiger partial charge on any atom is 0.335 e. The molecular formula is C17H22O5. The van der Waals surface area contributed by atoms with Gasteiger partial charge in [0.15, 0.2) is 0 Å². The summed E-state index contributed by atoms with van der Waals surface area (Å²) >= 11 is 0. The molecule has 0 aromatic heterocycles. The third kappa shape index (κ3) is 4.48. The number of ether oxygens (including phenoxy) is 2. The van der Waals surface area contributed by atoms with E-state index in [1.807, 2.05) is 6.92 Å². The Morgan fingerprint density at radius 1 is 1.14 bits per heavy atom. The number of esters is 1. The molecule has 1 aromatic carbocycles. The number of benzene rings is 1. The normalized spacial score (nSPS) is 21.1. The second-order valence-corrected chi connectivity index (χ2v) is 5.61. The minimum Gasteiger partial charge on any atom is -0.493 e. The van der Waals surface area contributed by atoms with Crippen molar-refractivity contribution >= 4 is 11.9 Å². The van der Waals surface area contributed by atoms with Crippen molar-refractivity contribution in [2.45, 2.75) is 32.6 Å². The standard InChI is InChI=1S/C17H22O5/c1-2-21-17(20)14-5-3-12(4-6-14)11-22-15-9-7-13(8-10-15)16(18)19/h7-10,12,14H,2-6,11H2,1H3,(H,18,19)/t12-,14+. The topological polar surface area (TPSA) is 72.8 Å². The monoisotopic (exact) mass is 306 g/mol. The van der Waals surface area contributed by atoms with E-state index in [1.54, 1.807) is 12.1 Å². The first-order valence-corrected chi connectivity index (χ1v) is 7.73. The van der Waals surface area contributed by atoms with Crippen molar-refractivity contribution in [3.63, 3.8) is 0 Å². The Labute approximate surface area is 130 Å². The maximum absolute atomic E-state index is 11.7. The van der Waals surface area contributed by atoms with Crippen LogP contribution in [0.4, 0.5) is 0 Å². The summed E-state index contributed by atoms with van der Waals surface area (Å²) in [6.45, 7) is 2.86. The van der Waals surface area contributed by atoms with Crippen LogP contribution in [0, 0.1) is 11.8 Å². The summed E-state index contributed by atoms with van der Waals surface area (Å²) < 4.78 is 10.8. The zero-order chi connectivity index (χ0) is 15.9. The predicted molar refractivity (Wildman–Crippen MR) is 81.0 cm³/mol. The molecule has 120 valence electrons. The van der Waals surface area contributed by atoms with E-state index < -0.39 is 5.97 Å². The van der Waals surface area contributed by atoms with Crippen molar-refractivity contribution < 1.29 is 24.2 Å². The zero-order valence-corrected chi connectivity index (χ0v) is 12.8. The highest BCUT2D eigenvalue weighted by atomic mass is 16.5. The molecule has 0 aliphatic heterocycles. The zero-order valence-electron chi connectivity index (χ0n) is 12.8. The second kappa shape index (κ2) is 7.82. The summed E-state index contributed by atoms with van der Waals surface area (Å²) in [6.07, 6.45) is 3.61. The van der Waals surface area contributed by atoms with E-state index in [-0.39, 0.29) is 17.5 Å². The molecule has 0 bridgehead atoms. The summed E-state index contributed by atoms with van der Waals surface area (Å²) in [6, 6.07) is 6.42. The first kappa shape index (κ1) is 16.3. The minimum absolute atomic E-state index is 0.0334. The van der Waals surface area contributed by atoms with Crippen LogP contribution in [0.3, 0.4) is 0 Å². The molecule has 0 atom stereocenters. The number of carbonyl (C=O) groups excluding carboxylic acids is 1. The van der Waals surface area contributed by atoms with Crippen LogP contribution in [0.1, 0.15) is 43.0 Å². The summed E-state index contributed by atoms with van der Waals surface area (Å²) in [4.78, 5) is 22.4. The number of carboxylic acid groups (broad SMARTS) is 1. The molecule has 5 nitrogen and oxygen atoms in total. The highest BCUT2D eigenvalue weighted by Crippen LogP contribution is 2.30. The molecule has 0 amide bonds. The van der Waals surface area contributed by atoms with Gasteiger partial charge in [0.05, 0.1) is 24.7 Å². The van der Waals surface area contributed by atoms with Crippen LogP contribution < -0.4 is 4.74 Å². The van der Waals surface area contributed by atoms with Crippen molar-refractivity contribution in [3.8, 4) is 5.75 Å². The average Bonchev–Trinajstić information content (AvgIpc) is 2.54. The fourth-order valence-corrected chi connectivity index (χ4v) is 2.73. The van der Waals surface area contributed by atoms with E-state index in [1.165, 1.54) is 12.1 Å². The van der Waals surface area contributed by atoms with Crippen LogP contribution in [0.15, 0.2) is 24.3 Å². The molecule has 1 N–H and O–H groups in total. The molecule has 1 aliphatic carbocycles. The van der Waals surface area contributed by atoms with E-state index in [0.29, 0.717) is 24.9 Å². The second-order valence-electron chi connectivity index (χ2n) is 5.61. The average molecular weight is 306 g/mol. The molecule has 1 aliphatic rings. The molecule has 0 spiro atoms. The lowest BCUT2D eigenvalue weighted by Crippen LogP contribution is -2.26. The van der Waals surface area contributed by atoms with Crippen LogP contribution in [0.2, 0.25) is 0 Å². The number of carboxylic acids is 1. The van der Waals surface area contributed by atoms with Crippen LogP contribution in [-0.4, -0.2) is 30.3 Å². The van der Waals surface area contributed by atoms with E-state index >= 15 is 0 Å². The van der Waals surface area contributed by atoms with E-state index in [2.05, 4.69) is 0 Å². The first-order valence-electron chi connectivity index (χ1n) is 7.73.